The molecule has 0 aliphatic carbocycles. The maximum atomic E-state index is 13.7. The van der Waals surface area contributed by atoms with Gasteiger partial charge in [0.05, 0.1) is 5.02 Å². The second kappa shape index (κ2) is 9.59. The number of anilines is 1. The van der Waals surface area contributed by atoms with Crippen molar-refractivity contribution in [1.29, 1.82) is 0 Å². The number of ether oxygens (including phenoxy) is 1. The van der Waals surface area contributed by atoms with E-state index in [9.17, 15) is 9.18 Å². The van der Waals surface area contributed by atoms with Gasteiger partial charge < -0.3 is 10.5 Å². The number of nitrogens with two attached hydrogens (primary N) is 1. The third kappa shape index (κ3) is 5.59. The van der Waals surface area contributed by atoms with Gasteiger partial charge >= 0.3 is 0 Å². The van der Waals surface area contributed by atoms with Gasteiger partial charge in [0.25, 0.3) is 0 Å². The number of hydrogen-bond donors (Lipinski definition) is 1. The fourth-order valence-corrected chi connectivity index (χ4v) is 3.00. The van der Waals surface area contributed by atoms with Crippen molar-refractivity contribution < 1.29 is 13.9 Å². The van der Waals surface area contributed by atoms with Crippen LogP contribution < -0.4 is 10.5 Å². The van der Waals surface area contributed by atoms with Gasteiger partial charge in [0.15, 0.2) is 11.6 Å². The summed E-state index contributed by atoms with van der Waals surface area (Å²) in [5, 5.41) is 0.190. The van der Waals surface area contributed by atoms with Gasteiger partial charge in [-0.25, -0.2) is 9.37 Å². The molecule has 0 aliphatic heterocycles. The van der Waals surface area contributed by atoms with Crippen molar-refractivity contribution >= 4 is 34.8 Å². The highest BCUT2D eigenvalue weighted by atomic mass is 35.5. The molecule has 0 saturated heterocycles. The smallest absolute Gasteiger partial charge is 0.166 e. The molecule has 0 aliphatic rings. The summed E-state index contributed by atoms with van der Waals surface area (Å²) in [7, 11) is 0. The normalized spacial score (nSPS) is 11.4. The first-order valence-electron chi connectivity index (χ1n) is 8.39. The number of nitrogens with zero attached hydrogens (tertiary/aromatic N) is 1. The maximum absolute atomic E-state index is 13.7. The van der Waals surface area contributed by atoms with Gasteiger partial charge in [-0.15, -0.1) is 0 Å². The van der Waals surface area contributed by atoms with Gasteiger partial charge in [0, 0.05) is 47.7 Å². The molecule has 0 saturated carbocycles. The summed E-state index contributed by atoms with van der Waals surface area (Å²) < 4.78 is 19.5. The number of halogens is 3. The summed E-state index contributed by atoms with van der Waals surface area (Å²) in [4.78, 5) is 15.4. The summed E-state index contributed by atoms with van der Waals surface area (Å²) in [6.45, 7) is 3.50. The van der Waals surface area contributed by atoms with E-state index in [0.717, 1.165) is 0 Å². The number of hydrogen-bond acceptors (Lipinski definition) is 4. The summed E-state index contributed by atoms with van der Waals surface area (Å²) >= 11 is 12.1. The van der Waals surface area contributed by atoms with Crippen LogP contribution in [0.3, 0.4) is 0 Å². The Hall–Kier alpha value is -2.29. The summed E-state index contributed by atoms with van der Waals surface area (Å²) in [6, 6.07) is 4.24. The third-order valence-electron chi connectivity index (χ3n) is 3.83. The summed E-state index contributed by atoms with van der Waals surface area (Å²) in [5.41, 5.74) is 6.78. The second-order valence-electron chi connectivity index (χ2n) is 5.82. The zero-order chi connectivity index (χ0) is 20.0. The van der Waals surface area contributed by atoms with E-state index in [0.29, 0.717) is 30.4 Å². The lowest BCUT2D eigenvalue weighted by Crippen LogP contribution is -2.08. The Bertz CT molecular complexity index is 907. The summed E-state index contributed by atoms with van der Waals surface area (Å²) in [6.07, 6.45) is 2.26. The second-order valence-corrected chi connectivity index (χ2v) is 6.60. The van der Waals surface area contributed by atoms with E-state index in [1.165, 1.54) is 18.3 Å². The standard InChI is InChI=1S/C20H19Cl2FN2O2/c1-3-14(26)7-5-4-6-13-10-17(20(24)25-11-13)27-12(2)18-15(21)8-9-16(23)19(18)22/h8-12H,3,5,7H2,1-2H3,(H2,24,25). The number of Topliss-reactive ketones (excluding diaryl/α,β-unsaturated/α-hetero) is 1. The van der Waals surface area contributed by atoms with E-state index in [2.05, 4.69) is 16.8 Å². The Morgan fingerprint density at radius 1 is 1.41 bits per heavy atom. The van der Waals surface area contributed by atoms with E-state index >= 15 is 0 Å². The first kappa shape index (κ1) is 21.0. The van der Waals surface area contributed by atoms with Gasteiger partial charge in [-0.2, -0.15) is 0 Å². The zero-order valence-electron chi connectivity index (χ0n) is 15.0. The van der Waals surface area contributed by atoms with Gasteiger partial charge in [0.1, 0.15) is 17.7 Å². The molecule has 27 heavy (non-hydrogen) atoms. The van der Waals surface area contributed by atoms with Crippen LogP contribution >= 0.6 is 23.2 Å². The largest absolute Gasteiger partial charge is 0.482 e. The lowest BCUT2D eigenvalue weighted by atomic mass is 10.1. The molecule has 0 radical (unpaired) electrons. The predicted octanol–water partition coefficient (Wildman–Crippen LogP) is 5.36. The number of pyridine rings is 1. The molecule has 7 heteroatoms. The number of benzene rings is 1. The SMILES string of the molecule is CCC(=O)CCC#Cc1cnc(N)c(OC(C)c2c(Cl)ccc(F)c2Cl)c1. The highest BCUT2D eigenvalue weighted by Crippen LogP contribution is 2.35. The quantitative estimate of drug-likeness (QED) is 0.515. The van der Waals surface area contributed by atoms with Crippen LogP contribution in [0.5, 0.6) is 5.75 Å². The Labute approximate surface area is 167 Å². The van der Waals surface area contributed by atoms with Crippen LogP contribution in [-0.4, -0.2) is 10.8 Å². The van der Waals surface area contributed by atoms with Crippen LogP contribution in [-0.2, 0) is 4.79 Å². The topological polar surface area (TPSA) is 65.2 Å². The molecule has 142 valence electrons. The Morgan fingerprint density at radius 2 is 2.15 bits per heavy atom. The molecular formula is C20H19Cl2FN2O2. The Kier molecular flexibility index (Phi) is 7.46. The number of nitrogen functional groups attached to an aromatic ring is 1. The molecule has 1 aromatic carbocycles. The number of rotatable bonds is 6. The van der Waals surface area contributed by atoms with Gasteiger partial charge in [-0.05, 0) is 19.1 Å². The predicted molar refractivity (Wildman–Crippen MR) is 106 cm³/mol. The average Bonchev–Trinajstić information content (AvgIpc) is 2.64. The summed E-state index contributed by atoms with van der Waals surface area (Å²) in [5.74, 6) is 5.88. The molecule has 2 N–H and O–H groups in total. The van der Waals surface area contributed by atoms with E-state index in [1.54, 1.807) is 13.0 Å². The molecule has 0 amide bonds. The van der Waals surface area contributed by atoms with Crippen LogP contribution in [0.4, 0.5) is 10.2 Å². The monoisotopic (exact) mass is 408 g/mol. The fraction of sp³-hybridized carbons (Fsp3) is 0.300. The number of ketones is 1. The zero-order valence-corrected chi connectivity index (χ0v) is 16.5. The lowest BCUT2D eigenvalue weighted by molar-refractivity contribution is -0.118. The molecule has 2 aromatic rings. The first-order chi connectivity index (χ1) is 12.8. The maximum Gasteiger partial charge on any atom is 0.166 e. The Morgan fingerprint density at radius 3 is 2.85 bits per heavy atom. The number of aromatic nitrogens is 1. The van der Waals surface area contributed by atoms with Crippen molar-refractivity contribution in [2.45, 2.75) is 39.2 Å². The number of carbonyl (C=O) groups is 1. The van der Waals surface area contributed by atoms with Gasteiger partial charge in [-0.3, -0.25) is 4.79 Å². The minimum absolute atomic E-state index is 0.0990. The fourth-order valence-electron chi connectivity index (χ4n) is 2.33. The lowest BCUT2D eigenvalue weighted by Gasteiger charge is -2.18. The molecular weight excluding hydrogens is 390 g/mol. The van der Waals surface area contributed by atoms with Gasteiger partial charge in [-0.1, -0.05) is 42.0 Å². The van der Waals surface area contributed by atoms with Crippen molar-refractivity contribution in [1.82, 2.24) is 4.98 Å². The molecule has 0 bridgehead atoms. The molecule has 1 aromatic heterocycles. The molecule has 0 fully saturated rings. The van der Waals surface area contributed by atoms with Crippen molar-refractivity contribution in [3.8, 4) is 17.6 Å². The Balaban J connectivity index is 2.19. The molecule has 0 spiro atoms. The van der Waals surface area contributed by atoms with Crippen molar-refractivity contribution in [2.24, 2.45) is 0 Å². The van der Waals surface area contributed by atoms with Crippen molar-refractivity contribution in [3.05, 3.63) is 51.4 Å². The van der Waals surface area contributed by atoms with Crippen LogP contribution in [0.15, 0.2) is 24.4 Å². The van der Waals surface area contributed by atoms with Crippen molar-refractivity contribution in [2.75, 3.05) is 5.73 Å². The van der Waals surface area contributed by atoms with E-state index in [-0.39, 0.29) is 27.4 Å². The van der Waals surface area contributed by atoms with Crippen LogP contribution in [0, 0.1) is 17.7 Å². The highest BCUT2D eigenvalue weighted by Gasteiger charge is 2.19. The molecule has 1 atom stereocenters. The average molecular weight is 409 g/mol. The van der Waals surface area contributed by atoms with E-state index in [1.807, 2.05) is 6.92 Å². The van der Waals surface area contributed by atoms with E-state index < -0.39 is 11.9 Å². The minimum atomic E-state index is -0.657. The van der Waals surface area contributed by atoms with Crippen LogP contribution in [0.1, 0.15) is 50.3 Å². The minimum Gasteiger partial charge on any atom is -0.482 e. The van der Waals surface area contributed by atoms with Gasteiger partial charge in [0.2, 0.25) is 0 Å². The van der Waals surface area contributed by atoms with Crippen LogP contribution in [0.25, 0.3) is 0 Å². The molecule has 4 nitrogen and oxygen atoms in total. The van der Waals surface area contributed by atoms with Crippen molar-refractivity contribution in [3.63, 3.8) is 0 Å². The highest BCUT2D eigenvalue weighted by molar-refractivity contribution is 6.36. The third-order valence-corrected chi connectivity index (χ3v) is 4.54. The molecule has 2 rings (SSSR count). The molecule has 1 heterocycles. The van der Waals surface area contributed by atoms with Crippen LogP contribution in [0.2, 0.25) is 10.0 Å². The number of carbonyl (C=O) groups excluding carboxylic acids is 1. The van der Waals surface area contributed by atoms with E-state index in [4.69, 9.17) is 33.7 Å². The first-order valence-corrected chi connectivity index (χ1v) is 9.15. The molecule has 1 unspecified atom stereocenters.